The molecule has 5 nitrogen and oxygen atoms in total. The molecule has 1 rings (SSSR count). The van der Waals surface area contributed by atoms with Crippen molar-refractivity contribution in [2.45, 2.75) is 13.3 Å². The van der Waals surface area contributed by atoms with Crippen LogP contribution in [0, 0.1) is 13.8 Å². The summed E-state index contributed by atoms with van der Waals surface area (Å²) in [7, 11) is 0. The van der Waals surface area contributed by atoms with Gasteiger partial charge >= 0.3 is 35.6 Å². The van der Waals surface area contributed by atoms with E-state index in [0.29, 0.717) is 0 Å². The van der Waals surface area contributed by atoms with Crippen molar-refractivity contribution in [2.24, 2.45) is 5.73 Å². The zero-order valence-electron chi connectivity index (χ0n) is 8.41. The Morgan fingerprint density at radius 3 is 2.36 bits per heavy atom. The van der Waals surface area contributed by atoms with Gasteiger partial charge in [-0.1, -0.05) is 0 Å². The van der Waals surface area contributed by atoms with Crippen molar-refractivity contribution in [3.63, 3.8) is 0 Å². The molecule has 0 radical (unpaired) electrons. The van der Waals surface area contributed by atoms with Gasteiger partial charge in [0, 0.05) is 0 Å². The van der Waals surface area contributed by atoms with Gasteiger partial charge in [0.25, 0.3) is 0 Å². The molecule has 0 aliphatic rings. The van der Waals surface area contributed by atoms with Crippen molar-refractivity contribution in [2.75, 3.05) is 0 Å². The van der Waals surface area contributed by atoms with Gasteiger partial charge in [0.05, 0.1) is 5.76 Å². The molecular formula is C8H13N2NaO3. The normalized spacial score (nSPS) is 7.93. The van der Waals surface area contributed by atoms with Gasteiger partial charge in [0.2, 0.25) is 0 Å². The van der Waals surface area contributed by atoms with E-state index in [1.54, 1.807) is 0 Å². The molecule has 0 aliphatic heterocycles. The van der Waals surface area contributed by atoms with Gasteiger partial charge in [0.1, 0.15) is 5.76 Å². The predicted octanol–water partition coefficient (Wildman–Crippen LogP) is -1.99. The number of primary amides is 1. The Labute approximate surface area is 105 Å². The average Bonchev–Trinajstić information content (AvgIpc) is 2.52. The Kier molecular flexibility index (Phi) is 10.4. The summed E-state index contributed by atoms with van der Waals surface area (Å²) in [6.45, 7) is 5.61. The third kappa shape index (κ3) is 8.12. The summed E-state index contributed by atoms with van der Waals surface area (Å²) in [5.41, 5.74) is 5.46. The van der Waals surface area contributed by atoms with E-state index in [1.807, 2.05) is 19.1 Å². The summed E-state index contributed by atoms with van der Waals surface area (Å²) in [6.07, 6.45) is 0.744. The zero-order valence-corrected chi connectivity index (χ0v) is 10.4. The number of amides is 2. The van der Waals surface area contributed by atoms with E-state index in [9.17, 15) is 4.79 Å². The minimum atomic E-state index is -0.940. The molecular weight excluding hydrogens is 195 g/mol. The summed E-state index contributed by atoms with van der Waals surface area (Å²) >= 11 is 0. The van der Waals surface area contributed by atoms with Gasteiger partial charge in [-0.15, -0.1) is 6.42 Å². The number of nitrogens with one attached hydrogen (secondary N) is 1. The van der Waals surface area contributed by atoms with Crippen molar-refractivity contribution in [1.29, 1.82) is 0 Å². The van der Waals surface area contributed by atoms with E-state index in [4.69, 9.17) is 9.62 Å². The standard InChI is InChI=1S/C7H9O.CH4N2O2.Na/c1-3-7-5-4-6(2)8-7;2-1(4)3-5;/h4-5H,1,3H2,2H3;5H,(H3,2,3,4);/q-1;;+1. The SMILES string of the molecule is NC(=O)NO.[CH2-]Cc1ccc(C)o1.[Na+]. The van der Waals surface area contributed by atoms with Crippen LogP contribution in [0.15, 0.2) is 16.5 Å². The van der Waals surface area contributed by atoms with Crippen LogP contribution in [0.25, 0.3) is 0 Å². The number of urea groups is 1. The van der Waals surface area contributed by atoms with Crippen LogP contribution in [0.5, 0.6) is 0 Å². The molecule has 1 aromatic heterocycles. The van der Waals surface area contributed by atoms with Crippen LogP contribution in [0.1, 0.15) is 11.5 Å². The molecule has 2 amide bonds. The van der Waals surface area contributed by atoms with E-state index in [1.165, 1.54) is 5.48 Å². The van der Waals surface area contributed by atoms with Gasteiger partial charge in [-0.3, -0.25) is 5.21 Å². The van der Waals surface area contributed by atoms with Crippen molar-refractivity contribution in [3.05, 3.63) is 30.6 Å². The summed E-state index contributed by atoms with van der Waals surface area (Å²) in [5.74, 6) is 1.92. The van der Waals surface area contributed by atoms with E-state index in [-0.39, 0.29) is 29.6 Å². The second kappa shape index (κ2) is 9.08. The van der Waals surface area contributed by atoms with E-state index in [2.05, 4.69) is 12.7 Å². The Bertz CT molecular complexity index is 263. The maximum absolute atomic E-state index is 9.23. The van der Waals surface area contributed by atoms with Crippen LogP contribution in [-0.4, -0.2) is 11.2 Å². The minimum Gasteiger partial charge on any atom is -0.469 e. The first-order valence-corrected chi connectivity index (χ1v) is 3.64. The van der Waals surface area contributed by atoms with Crippen LogP contribution in [0.3, 0.4) is 0 Å². The first-order chi connectivity index (χ1) is 6.10. The molecule has 6 heteroatoms. The molecule has 0 saturated heterocycles. The van der Waals surface area contributed by atoms with Crippen molar-refractivity contribution < 1.29 is 44.0 Å². The number of carbonyl (C=O) groups is 1. The first kappa shape index (κ1) is 16.0. The molecule has 0 aliphatic carbocycles. The number of aryl methyl sites for hydroxylation is 1. The number of hydrogen-bond donors (Lipinski definition) is 3. The Hall–Kier alpha value is -0.490. The van der Waals surface area contributed by atoms with E-state index in [0.717, 1.165) is 17.9 Å². The van der Waals surface area contributed by atoms with Crippen LogP contribution < -0.4 is 40.8 Å². The topological polar surface area (TPSA) is 88.5 Å². The molecule has 0 unspecified atom stereocenters. The van der Waals surface area contributed by atoms with Gasteiger partial charge in [0.15, 0.2) is 0 Å². The van der Waals surface area contributed by atoms with E-state index < -0.39 is 6.03 Å². The van der Waals surface area contributed by atoms with Crippen molar-refractivity contribution in [1.82, 2.24) is 5.48 Å². The maximum atomic E-state index is 9.23. The number of furan rings is 1. The molecule has 0 bridgehead atoms. The van der Waals surface area contributed by atoms with Crippen LogP contribution in [0.2, 0.25) is 0 Å². The number of carbonyl (C=O) groups excluding carboxylic acids is 1. The second-order valence-electron chi connectivity index (χ2n) is 2.24. The van der Waals surface area contributed by atoms with Gasteiger partial charge in [-0.2, -0.15) is 0 Å². The first-order valence-electron chi connectivity index (χ1n) is 3.64. The molecule has 0 spiro atoms. The Morgan fingerprint density at radius 2 is 2.21 bits per heavy atom. The fourth-order valence-corrected chi connectivity index (χ4v) is 0.619. The maximum Gasteiger partial charge on any atom is 1.00 e. The number of hydrogen-bond acceptors (Lipinski definition) is 3. The smallest absolute Gasteiger partial charge is 0.469 e. The molecule has 1 aromatic rings. The number of nitrogens with two attached hydrogens (primary N) is 1. The van der Waals surface area contributed by atoms with Gasteiger partial charge in [-0.05, 0) is 19.1 Å². The minimum absolute atomic E-state index is 0. The van der Waals surface area contributed by atoms with Crippen molar-refractivity contribution >= 4 is 6.03 Å². The molecule has 0 saturated carbocycles. The van der Waals surface area contributed by atoms with Gasteiger partial charge in [-0.25, -0.2) is 10.3 Å². The predicted molar refractivity (Wildman–Crippen MR) is 47.0 cm³/mol. The van der Waals surface area contributed by atoms with Crippen LogP contribution >= 0.6 is 0 Å². The molecule has 14 heavy (non-hydrogen) atoms. The summed E-state index contributed by atoms with van der Waals surface area (Å²) in [4.78, 5) is 9.23. The molecule has 0 aromatic carbocycles. The Morgan fingerprint density at radius 1 is 1.71 bits per heavy atom. The molecule has 74 valence electrons. The quantitative estimate of drug-likeness (QED) is 0.216. The summed E-state index contributed by atoms with van der Waals surface area (Å²) in [5, 5.41) is 7.42. The molecule has 1 heterocycles. The third-order valence-corrected chi connectivity index (χ3v) is 1.15. The third-order valence-electron chi connectivity index (χ3n) is 1.15. The van der Waals surface area contributed by atoms with Gasteiger partial charge < -0.3 is 17.1 Å². The van der Waals surface area contributed by atoms with Crippen LogP contribution in [0.4, 0.5) is 4.79 Å². The fourth-order valence-electron chi connectivity index (χ4n) is 0.619. The zero-order chi connectivity index (χ0) is 10.3. The summed E-state index contributed by atoms with van der Waals surface area (Å²) < 4.78 is 5.17. The average molecular weight is 208 g/mol. The molecule has 0 fully saturated rings. The van der Waals surface area contributed by atoms with Crippen molar-refractivity contribution in [3.8, 4) is 0 Å². The Balaban J connectivity index is 0. The second-order valence-corrected chi connectivity index (χ2v) is 2.24. The molecule has 4 N–H and O–H groups in total. The van der Waals surface area contributed by atoms with E-state index >= 15 is 0 Å². The summed E-state index contributed by atoms with van der Waals surface area (Å²) in [6, 6.07) is 2.95. The number of hydroxylamine groups is 1. The monoisotopic (exact) mass is 208 g/mol. The largest absolute Gasteiger partial charge is 1.00 e. The molecule has 0 atom stereocenters. The fraction of sp³-hybridized carbons (Fsp3) is 0.250. The number of rotatable bonds is 1. The van der Waals surface area contributed by atoms with Crippen LogP contribution in [-0.2, 0) is 6.42 Å².